The third kappa shape index (κ3) is 13.7. The fourth-order valence-electron chi connectivity index (χ4n) is 4.55. The number of alkyl halides is 3. The summed E-state index contributed by atoms with van der Waals surface area (Å²) < 4.78 is 48.0. The van der Waals surface area contributed by atoms with Crippen LogP contribution in [0.25, 0.3) is 22.3 Å². The van der Waals surface area contributed by atoms with Gasteiger partial charge in [-0.15, -0.1) is 0 Å². The zero-order valence-electron chi connectivity index (χ0n) is 27.3. The van der Waals surface area contributed by atoms with E-state index in [1.165, 1.54) is 7.11 Å². The van der Waals surface area contributed by atoms with Gasteiger partial charge in [-0.3, -0.25) is 4.79 Å². The highest BCUT2D eigenvalue weighted by Gasteiger charge is 2.25. The van der Waals surface area contributed by atoms with Gasteiger partial charge in [-0.2, -0.15) is 18.1 Å². The number of carbonyl (C=O) groups is 2. The van der Waals surface area contributed by atoms with Crippen molar-refractivity contribution < 1.29 is 52.2 Å². The summed E-state index contributed by atoms with van der Waals surface area (Å²) in [6.07, 6.45) is -0.733. The molecule has 3 aromatic carbocycles. The molecule has 3 rings (SSSR count). The van der Waals surface area contributed by atoms with Crippen LogP contribution in [0.1, 0.15) is 50.2 Å². The summed E-state index contributed by atoms with van der Waals surface area (Å²) in [5.41, 5.74) is 6.26. The summed E-state index contributed by atoms with van der Waals surface area (Å²) in [5, 5.41) is 17.0. The predicted molar refractivity (Wildman–Crippen MR) is 177 cm³/mol. The van der Waals surface area contributed by atoms with Gasteiger partial charge in [0.25, 0.3) is 0 Å². The van der Waals surface area contributed by atoms with Crippen LogP contribution in [0.5, 0.6) is 11.5 Å². The minimum atomic E-state index is -4.12. The summed E-state index contributed by atoms with van der Waals surface area (Å²) in [5.74, 6) is 0.425. The van der Waals surface area contributed by atoms with Gasteiger partial charge in [0, 0.05) is 12.0 Å². The van der Waals surface area contributed by atoms with E-state index >= 15 is 0 Å². The van der Waals surface area contributed by atoms with Crippen molar-refractivity contribution in [2.24, 2.45) is 0 Å². The summed E-state index contributed by atoms with van der Waals surface area (Å²) in [6, 6.07) is 19.5. The van der Waals surface area contributed by atoms with E-state index in [0.717, 1.165) is 46.2 Å². The Morgan fingerprint density at radius 3 is 2.04 bits per heavy atom. The molecule has 0 aliphatic heterocycles. The topological polar surface area (TPSA) is 112 Å². The number of carbonyl (C=O) groups excluding carboxylic acids is 2. The van der Waals surface area contributed by atoms with E-state index in [1.807, 2.05) is 37.3 Å². The minimum Gasteiger partial charge on any atom is -0.457 e. The average molecular weight is 673 g/mol. The van der Waals surface area contributed by atoms with Gasteiger partial charge in [-0.25, -0.2) is 4.79 Å². The van der Waals surface area contributed by atoms with Crippen molar-refractivity contribution in [3.8, 4) is 33.8 Å². The SMILES string of the molecule is C=C(C=O)CO.C=C(CO)C(=O)OCOc1ccc(-c2ccc(-c3ccc(OOC)c(CC)c3)cc2CCCCCCC(F)(F)F)cc1. The number of esters is 1. The van der Waals surface area contributed by atoms with Crippen LogP contribution < -0.4 is 9.62 Å². The summed E-state index contributed by atoms with van der Waals surface area (Å²) in [4.78, 5) is 31.2. The van der Waals surface area contributed by atoms with Crippen molar-refractivity contribution in [2.45, 2.75) is 58.0 Å². The molecule has 8 nitrogen and oxygen atoms in total. The molecule has 0 aliphatic rings. The molecule has 0 radical (unpaired) electrons. The van der Waals surface area contributed by atoms with E-state index in [4.69, 9.17) is 29.5 Å². The molecular weight excluding hydrogens is 629 g/mol. The number of benzene rings is 3. The molecule has 11 heteroatoms. The lowest BCUT2D eigenvalue weighted by molar-refractivity contribution is -0.178. The molecule has 0 atom stereocenters. The van der Waals surface area contributed by atoms with Gasteiger partial charge in [-0.05, 0) is 83.3 Å². The first-order valence-electron chi connectivity index (χ1n) is 15.4. The lowest BCUT2D eigenvalue weighted by Crippen LogP contribution is -2.13. The molecule has 0 unspecified atom stereocenters. The number of aliphatic hydroxyl groups is 2. The highest BCUT2D eigenvalue weighted by Crippen LogP contribution is 2.33. The Bertz CT molecular complexity index is 1480. The van der Waals surface area contributed by atoms with Crippen LogP contribution in [0.4, 0.5) is 13.2 Å². The third-order valence-electron chi connectivity index (χ3n) is 7.14. The molecule has 0 heterocycles. The quantitative estimate of drug-likeness (QED) is 0.0269. The summed E-state index contributed by atoms with van der Waals surface area (Å²) in [7, 11) is 1.46. The maximum atomic E-state index is 12.5. The van der Waals surface area contributed by atoms with Crippen LogP contribution in [0.15, 0.2) is 85.0 Å². The van der Waals surface area contributed by atoms with E-state index < -0.39 is 25.2 Å². The number of halogens is 3. The van der Waals surface area contributed by atoms with Crippen molar-refractivity contribution in [1.82, 2.24) is 0 Å². The van der Waals surface area contributed by atoms with Crippen LogP contribution >= 0.6 is 0 Å². The Labute approximate surface area is 279 Å². The van der Waals surface area contributed by atoms with Gasteiger partial charge >= 0.3 is 12.1 Å². The maximum absolute atomic E-state index is 12.5. The second-order valence-corrected chi connectivity index (χ2v) is 10.7. The first-order chi connectivity index (χ1) is 23.0. The van der Waals surface area contributed by atoms with Gasteiger partial charge < -0.3 is 24.6 Å². The summed E-state index contributed by atoms with van der Waals surface area (Å²) in [6.45, 7) is 7.58. The second-order valence-electron chi connectivity index (χ2n) is 10.7. The highest BCUT2D eigenvalue weighted by molar-refractivity contribution is 5.87. The number of ether oxygens (including phenoxy) is 2. The largest absolute Gasteiger partial charge is 0.457 e. The summed E-state index contributed by atoms with van der Waals surface area (Å²) >= 11 is 0. The third-order valence-corrected chi connectivity index (χ3v) is 7.14. The van der Waals surface area contributed by atoms with Crippen molar-refractivity contribution in [2.75, 3.05) is 27.1 Å². The van der Waals surface area contributed by atoms with E-state index in [0.29, 0.717) is 37.0 Å². The van der Waals surface area contributed by atoms with Gasteiger partial charge in [0.15, 0.2) is 5.75 Å². The maximum Gasteiger partial charge on any atom is 0.389 e. The normalized spacial score (nSPS) is 10.8. The number of unbranched alkanes of at least 4 members (excludes halogenated alkanes) is 3. The Balaban J connectivity index is 0.00000122. The molecule has 0 aromatic heterocycles. The number of hydrogen-bond donors (Lipinski definition) is 2. The zero-order chi connectivity index (χ0) is 35.5. The van der Waals surface area contributed by atoms with E-state index in [9.17, 15) is 22.8 Å². The van der Waals surface area contributed by atoms with Crippen LogP contribution in [-0.4, -0.2) is 55.8 Å². The fraction of sp³-hybridized carbons (Fsp3) is 0.351. The minimum absolute atomic E-state index is 0.0598. The second kappa shape index (κ2) is 20.7. The Morgan fingerprint density at radius 2 is 1.48 bits per heavy atom. The standard InChI is InChI=1S/C33H37F3O6.C4H6O2/c1-4-24-19-27(13-17-31(24)42-39-3)26-12-16-30(28(20-26)9-7-5-6-8-18-33(34,35)36)25-10-14-29(15-11-25)40-22-41-32(38)23(2)21-37;1-4(2-5)3-6/h10-17,19-20,37H,2,4-9,18,21-22H2,1,3H3;2,6H,1,3H2. The van der Waals surface area contributed by atoms with Crippen LogP contribution in [-0.2, 0) is 32.1 Å². The molecule has 3 aromatic rings. The lowest BCUT2D eigenvalue weighted by Gasteiger charge is -2.15. The Kier molecular flexibility index (Phi) is 17.1. The van der Waals surface area contributed by atoms with Crippen LogP contribution in [0.3, 0.4) is 0 Å². The average Bonchev–Trinajstić information content (AvgIpc) is 3.09. The van der Waals surface area contributed by atoms with Crippen molar-refractivity contribution >= 4 is 12.3 Å². The van der Waals surface area contributed by atoms with Gasteiger partial charge in [0.2, 0.25) is 6.79 Å². The highest BCUT2D eigenvalue weighted by atomic mass is 19.4. The van der Waals surface area contributed by atoms with Crippen molar-refractivity contribution in [3.63, 3.8) is 0 Å². The molecule has 0 fully saturated rings. The predicted octanol–water partition coefficient (Wildman–Crippen LogP) is 7.74. The number of aliphatic hydroxyl groups excluding tert-OH is 2. The molecule has 0 aliphatic carbocycles. The van der Waals surface area contributed by atoms with Gasteiger partial charge in [0.1, 0.15) is 12.0 Å². The number of aldehydes is 1. The first kappa shape index (κ1) is 39.7. The van der Waals surface area contributed by atoms with Gasteiger partial charge in [0.05, 0.1) is 25.9 Å². The fourth-order valence-corrected chi connectivity index (χ4v) is 4.55. The molecular formula is C37H43F3O8. The molecule has 0 bridgehead atoms. The molecule has 48 heavy (non-hydrogen) atoms. The van der Waals surface area contributed by atoms with Crippen LogP contribution in [0.2, 0.25) is 0 Å². The van der Waals surface area contributed by atoms with Crippen molar-refractivity contribution in [3.05, 3.63) is 96.1 Å². The van der Waals surface area contributed by atoms with Gasteiger partial charge in [-0.1, -0.05) is 69.3 Å². The molecule has 0 saturated heterocycles. The van der Waals surface area contributed by atoms with Crippen LogP contribution in [0, 0.1) is 0 Å². The molecule has 0 amide bonds. The Morgan fingerprint density at radius 1 is 0.854 bits per heavy atom. The monoisotopic (exact) mass is 672 g/mol. The Hall–Kier alpha value is -4.45. The smallest absolute Gasteiger partial charge is 0.389 e. The van der Waals surface area contributed by atoms with E-state index in [1.54, 1.807) is 12.1 Å². The van der Waals surface area contributed by atoms with Crippen molar-refractivity contribution in [1.29, 1.82) is 0 Å². The number of rotatable bonds is 18. The first-order valence-corrected chi connectivity index (χ1v) is 15.4. The van der Waals surface area contributed by atoms with E-state index in [2.05, 4.69) is 31.4 Å². The number of hydrogen-bond acceptors (Lipinski definition) is 8. The molecule has 260 valence electrons. The number of aryl methyl sites for hydroxylation is 2. The molecule has 0 saturated carbocycles. The lowest BCUT2D eigenvalue weighted by atomic mass is 9.91. The zero-order valence-corrected chi connectivity index (χ0v) is 27.3. The molecule has 0 spiro atoms. The van der Waals surface area contributed by atoms with E-state index in [-0.39, 0.29) is 31.0 Å². The molecule has 2 N–H and O–H groups in total.